The second-order valence-corrected chi connectivity index (χ2v) is 18.9. The predicted molar refractivity (Wildman–Crippen MR) is 279 cm³/mol. The summed E-state index contributed by atoms with van der Waals surface area (Å²) in [5.74, 6) is -0.886. The Labute approximate surface area is 403 Å². The van der Waals surface area contributed by atoms with Gasteiger partial charge in [-0.3, -0.25) is 14.4 Å². The number of hydrogen-bond acceptors (Lipinski definition) is 6. The molecule has 0 saturated heterocycles. The van der Waals surface area contributed by atoms with Crippen LogP contribution in [0, 0.1) is 0 Å². The molecule has 1 unspecified atom stereocenters. The minimum Gasteiger partial charge on any atom is -0.462 e. The summed E-state index contributed by atoms with van der Waals surface area (Å²) in [6.45, 7) is 6.52. The van der Waals surface area contributed by atoms with Crippen molar-refractivity contribution in [2.24, 2.45) is 0 Å². The van der Waals surface area contributed by atoms with Crippen LogP contribution in [0.15, 0.2) is 48.6 Å². The fourth-order valence-corrected chi connectivity index (χ4v) is 8.22. The highest BCUT2D eigenvalue weighted by molar-refractivity contribution is 5.71. The van der Waals surface area contributed by atoms with Crippen LogP contribution in [0.3, 0.4) is 0 Å². The lowest BCUT2D eigenvalue weighted by molar-refractivity contribution is -0.167. The first-order valence-corrected chi connectivity index (χ1v) is 28.2. The van der Waals surface area contributed by atoms with Crippen molar-refractivity contribution in [3.8, 4) is 0 Å². The Morgan fingerprint density at radius 3 is 0.938 bits per heavy atom. The lowest BCUT2D eigenvalue weighted by Crippen LogP contribution is -2.30. The molecule has 0 aromatic rings. The van der Waals surface area contributed by atoms with Crippen LogP contribution in [-0.2, 0) is 28.6 Å². The summed E-state index contributed by atoms with van der Waals surface area (Å²) >= 11 is 0. The highest BCUT2D eigenvalue weighted by atomic mass is 16.6. The van der Waals surface area contributed by atoms with Gasteiger partial charge in [0.15, 0.2) is 6.10 Å². The zero-order valence-electron chi connectivity index (χ0n) is 43.3. The smallest absolute Gasteiger partial charge is 0.306 e. The monoisotopic (exact) mass is 911 g/mol. The fraction of sp³-hybridized carbons (Fsp3) is 0.814. The molecule has 0 saturated carbocycles. The second kappa shape index (κ2) is 54.0. The molecule has 6 nitrogen and oxygen atoms in total. The summed E-state index contributed by atoms with van der Waals surface area (Å²) in [5.41, 5.74) is 0. The van der Waals surface area contributed by atoms with Gasteiger partial charge in [-0.2, -0.15) is 0 Å². The van der Waals surface area contributed by atoms with Crippen LogP contribution in [0.25, 0.3) is 0 Å². The van der Waals surface area contributed by atoms with E-state index in [1.165, 1.54) is 167 Å². The minimum atomic E-state index is -0.781. The molecule has 0 radical (unpaired) electrons. The van der Waals surface area contributed by atoms with Crippen LogP contribution in [0.4, 0.5) is 0 Å². The van der Waals surface area contributed by atoms with Crippen molar-refractivity contribution >= 4 is 17.9 Å². The molecule has 0 aliphatic carbocycles. The van der Waals surface area contributed by atoms with Gasteiger partial charge in [0, 0.05) is 19.3 Å². The highest BCUT2D eigenvalue weighted by Crippen LogP contribution is 2.17. The highest BCUT2D eigenvalue weighted by Gasteiger charge is 2.19. The van der Waals surface area contributed by atoms with Crippen LogP contribution in [-0.4, -0.2) is 37.2 Å². The van der Waals surface area contributed by atoms with Crippen molar-refractivity contribution in [1.29, 1.82) is 0 Å². The standard InChI is InChI=1S/C59H106O6/c1-4-7-10-13-16-19-22-25-28-29-30-32-34-37-40-43-46-49-52-58(61)64-55-56(54-63-57(60)51-48-45-42-39-36-33-27-24-21-18-15-12-9-6-3)65-59(62)53-50-47-44-41-38-35-31-26-23-20-17-14-11-8-5-2/h8,11,14,17,20,23,26,31,56H,4-7,9-10,12-13,15-16,18-19,21-22,24-25,27-30,32-55H2,1-3H3/b11-8-,17-14-,23-20-,31-26-. The van der Waals surface area contributed by atoms with Crippen LogP contribution in [0.2, 0.25) is 0 Å². The van der Waals surface area contributed by atoms with Gasteiger partial charge in [-0.25, -0.2) is 0 Å². The van der Waals surface area contributed by atoms with Crippen molar-refractivity contribution in [2.75, 3.05) is 13.2 Å². The van der Waals surface area contributed by atoms with E-state index < -0.39 is 6.10 Å². The van der Waals surface area contributed by atoms with Crippen molar-refractivity contribution in [3.63, 3.8) is 0 Å². The maximum absolute atomic E-state index is 12.8. The third kappa shape index (κ3) is 52.2. The predicted octanol–water partition coefficient (Wildman–Crippen LogP) is 18.7. The van der Waals surface area contributed by atoms with Gasteiger partial charge in [-0.05, 0) is 38.5 Å². The van der Waals surface area contributed by atoms with Gasteiger partial charge in [-0.15, -0.1) is 0 Å². The van der Waals surface area contributed by atoms with Crippen molar-refractivity contribution in [3.05, 3.63) is 48.6 Å². The van der Waals surface area contributed by atoms with E-state index in [1.807, 2.05) is 18.2 Å². The average Bonchev–Trinajstić information content (AvgIpc) is 3.30. The van der Waals surface area contributed by atoms with Crippen LogP contribution in [0.1, 0.15) is 290 Å². The maximum Gasteiger partial charge on any atom is 0.306 e. The number of carbonyl (C=O) groups excluding carboxylic acids is 3. The summed E-state index contributed by atoms with van der Waals surface area (Å²) < 4.78 is 16.8. The van der Waals surface area contributed by atoms with Crippen molar-refractivity contribution in [2.45, 2.75) is 297 Å². The summed E-state index contributed by atoms with van der Waals surface area (Å²) in [5, 5.41) is 0. The largest absolute Gasteiger partial charge is 0.462 e. The number of ether oxygens (including phenoxy) is 3. The number of rotatable bonds is 51. The third-order valence-electron chi connectivity index (χ3n) is 12.4. The van der Waals surface area contributed by atoms with E-state index >= 15 is 0 Å². The Morgan fingerprint density at radius 2 is 0.600 bits per heavy atom. The van der Waals surface area contributed by atoms with Crippen molar-refractivity contribution < 1.29 is 28.6 Å². The molecule has 0 aliphatic rings. The van der Waals surface area contributed by atoms with Crippen LogP contribution in [0.5, 0.6) is 0 Å². The van der Waals surface area contributed by atoms with E-state index in [0.29, 0.717) is 19.3 Å². The lowest BCUT2D eigenvalue weighted by Gasteiger charge is -2.18. The second-order valence-electron chi connectivity index (χ2n) is 18.9. The van der Waals surface area contributed by atoms with Gasteiger partial charge in [0.05, 0.1) is 0 Å². The van der Waals surface area contributed by atoms with E-state index in [9.17, 15) is 14.4 Å². The topological polar surface area (TPSA) is 78.9 Å². The van der Waals surface area contributed by atoms with Gasteiger partial charge < -0.3 is 14.2 Å². The van der Waals surface area contributed by atoms with E-state index in [1.54, 1.807) is 0 Å². The van der Waals surface area contributed by atoms with Crippen molar-refractivity contribution in [1.82, 2.24) is 0 Å². The fourth-order valence-electron chi connectivity index (χ4n) is 8.22. The van der Waals surface area contributed by atoms with E-state index in [-0.39, 0.29) is 31.1 Å². The quantitative estimate of drug-likeness (QED) is 0.0262. The first kappa shape index (κ1) is 62.4. The number of allylic oxidation sites excluding steroid dienone is 8. The summed E-state index contributed by atoms with van der Waals surface area (Å²) in [7, 11) is 0. The van der Waals surface area contributed by atoms with Gasteiger partial charge >= 0.3 is 17.9 Å². The molecule has 0 spiro atoms. The first-order chi connectivity index (χ1) is 32.0. The Kier molecular flexibility index (Phi) is 51.8. The van der Waals surface area contributed by atoms with E-state index in [4.69, 9.17) is 14.2 Å². The molecule has 65 heavy (non-hydrogen) atoms. The Balaban J connectivity index is 4.36. The zero-order valence-corrected chi connectivity index (χ0v) is 43.3. The molecule has 0 fully saturated rings. The number of esters is 3. The van der Waals surface area contributed by atoms with Gasteiger partial charge in [0.25, 0.3) is 0 Å². The maximum atomic E-state index is 12.8. The molecule has 0 heterocycles. The van der Waals surface area contributed by atoms with Gasteiger partial charge in [0.2, 0.25) is 0 Å². The average molecular weight is 911 g/mol. The Hall–Kier alpha value is -2.63. The number of hydrogen-bond donors (Lipinski definition) is 0. The molecule has 0 amide bonds. The molecular formula is C59H106O6. The molecule has 0 rings (SSSR count). The summed E-state index contributed by atoms with van der Waals surface area (Å²) in [4.78, 5) is 38.1. The molecule has 0 aliphatic heterocycles. The molecule has 378 valence electrons. The Morgan fingerprint density at radius 1 is 0.323 bits per heavy atom. The van der Waals surface area contributed by atoms with E-state index in [2.05, 4.69) is 51.2 Å². The first-order valence-electron chi connectivity index (χ1n) is 28.2. The normalized spacial score (nSPS) is 12.4. The third-order valence-corrected chi connectivity index (χ3v) is 12.4. The minimum absolute atomic E-state index is 0.0787. The van der Waals surface area contributed by atoms with Crippen LogP contribution < -0.4 is 0 Å². The lowest BCUT2D eigenvalue weighted by atomic mass is 10.0. The molecular weight excluding hydrogens is 805 g/mol. The molecule has 6 heteroatoms. The summed E-state index contributed by atoms with van der Waals surface area (Å²) in [6, 6.07) is 0. The molecule has 0 aromatic heterocycles. The molecule has 1 atom stereocenters. The number of unbranched alkanes of at least 4 members (excludes halogenated alkanes) is 35. The summed E-state index contributed by atoms with van der Waals surface area (Å²) in [6.07, 6.45) is 65.3. The zero-order chi connectivity index (χ0) is 47.2. The molecule has 0 bridgehead atoms. The molecule has 0 aromatic carbocycles. The molecule has 0 N–H and O–H groups in total. The van der Waals surface area contributed by atoms with Gasteiger partial charge in [0.1, 0.15) is 13.2 Å². The number of carbonyl (C=O) groups is 3. The Bertz CT molecular complexity index is 1140. The SMILES string of the molecule is CC\C=C/C=C\C=C/C=C\CCCCCCCC(=O)OC(COC(=O)CCCCCCCCCCCCCCCC)COC(=O)CCCCCCCCCCCCCCCCCCCC. The van der Waals surface area contributed by atoms with Gasteiger partial charge in [-0.1, -0.05) is 281 Å². The van der Waals surface area contributed by atoms with Crippen LogP contribution >= 0.6 is 0 Å². The van der Waals surface area contributed by atoms with E-state index in [0.717, 1.165) is 83.5 Å².